The Morgan fingerprint density at radius 1 is 1.69 bits per heavy atom. The summed E-state index contributed by atoms with van der Waals surface area (Å²) >= 11 is 3.74. The van der Waals surface area contributed by atoms with Crippen molar-refractivity contribution >= 4 is 23.1 Å². The highest BCUT2D eigenvalue weighted by Crippen LogP contribution is 2.19. The van der Waals surface area contributed by atoms with E-state index in [0.29, 0.717) is 6.04 Å². The molecule has 1 aromatic heterocycles. The summed E-state index contributed by atoms with van der Waals surface area (Å²) in [6.45, 7) is 3.19. The second kappa shape index (κ2) is 5.49. The molecule has 90 valence electrons. The van der Waals surface area contributed by atoms with Gasteiger partial charge in [0.15, 0.2) is 0 Å². The number of thiazole rings is 1. The first-order valence-corrected chi connectivity index (χ1v) is 7.65. The van der Waals surface area contributed by atoms with Crippen LogP contribution in [0.2, 0.25) is 0 Å². The largest absolute Gasteiger partial charge is 0.326 e. The Balaban J connectivity index is 1.93. The van der Waals surface area contributed by atoms with Gasteiger partial charge in [-0.2, -0.15) is 11.8 Å². The van der Waals surface area contributed by atoms with Crippen molar-refractivity contribution in [1.82, 2.24) is 9.88 Å². The van der Waals surface area contributed by atoms with Crippen molar-refractivity contribution in [1.29, 1.82) is 0 Å². The predicted octanol–water partition coefficient (Wildman–Crippen LogP) is 1.37. The van der Waals surface area contributed by atoms with Gasteiger partial charge < -0.3 is 10.6 Å². The van der Waals surface area contributed by atoms with E-state index >= 15 is 0 Å². The van der Waals surface area contributed by atoms with Crippen molar-refractivity contribution in [2.24, 2.45) is 5.73 Å². The maximum Gasteiger partial charge on any atom is 0.0944 e. The van der Waals surface area contributed by atoms with Crippen LogP contribution in [0.3, 0.4) is 0 Å². The number of nitrogens with two attached hydrogens (primary N) is 1. The van der Waals surface area contributed by atoms with Crippen LogP contribution < -0.4 is 5.73 Å². The molecule has 0 radical (unpaired) electrons. The van der Waals surface area contributed by atoms with Crippen LogP contribution in [0.25, 0.3) is 0 Å². The first-order chi connectivity index (χ1) is 7.66. The molecule has 1 aromatic rings. The lowest BCUT2D eigenvalue weighted by molar-refractivity contribution is 0.235. The van der Waals surface area contributed by atoms with Crippen molar-refractivity contribution in [3.63, 3.8) is 0 Å². The molecule has 1 aliphatic rings. The van der Waals surface area contributed by atoms with E-state index < -0.39 is 0 Å². The lowest BCUT2D eigenvalue weighted by Crippen LogP contribution is -2.51. The fourth-order valence-electron chi connectivity index (χ4n) is 1.99. The average Bonchev–Trinajstić information content (AvgIpc) is 2.64. The third-order valence-electron chi connectivity index (χ3n) is 3.01. The van der Waals surface area contributed by atoms with Crippen molar-refractivity contribution in [2.75, 3.05) is 25.1 Å². The van der Waals surface area contributed by atoms with Gasteiger partial charge in [0.05, 0.1) is 5.01 Å². The van der Waals surface area contributed by atoms with Crippen molar-refractivity contribution < 1.29 is 0 Å². The Labute approximate surface area is 105 Å². The van der Waals surface area contributed by atoms with E-state index in [-0.39, 0.29) is 6.04 Å². The molecule has 0 spiro atoms. The van der Waals surface area contributed by atoms with Crippen molar-refractivity contribution in [3.8, 4) is 0 Å². The van der Waals surface area contributed by atoms with Crippen LogP contribution in [0.1, 0.15) is 10.7 Å². The molecule has 1 fully saturated rings. The van der Waals surface area contributed by atoms with Gasteiger partial charge in [-0.1, -0.05) is 0 Å². The van der Waals surface area contributed by atoms with Crippen LogP contribution in [-0.4, -0.2) is 47.1 Å². The Kier molecular flexibility index (Phi) is 4.24. The number of aromatic nitrogens is 1. The van der Waals surface area contributed by atoms with Crippen LogP contribution in [0.5, 0.6) is 0 Å². The molecule has 0 saturated carbocycles. The highest BCUT2D eigenvalue weighted by atomic mass is 32.2. The smallest absolute Gasteiger partial charge is 0.0944 e. The fourth-order valence-corrected chi connectivity index (χ4v) is 4.16. The minimum Gasteiger partial charge on any atom is -0.326 e. The van der Waals surface area contributed by atoms with Gasteiger partial charge in [0.25, 0.3) is 0 Å². The summed E-state index contributed by atoms with van der Waals surface area (Å²) in [6.07, 6.45) is 0.911. The first kappa shape index (κ1) is 12.4. The molecule has 5 heteroatoms. The van der Waals surface area contributed by atoms with Gasteiger partial charge in [0.1, 0.15) is 0 Å². The van der Waals surface area contributed by atoms with E-state index in [0.717, 1.165) is 24.4 Å². The molecule has 0 bridgehead atoms. The van der Waals surface area contributed by atoms with E-state index in [1.165, 1.54) is 10.8 Å². The van der Waals surface area contributed by atoms with E-state index in [1.54, 1.807) is 11.3 Å². The molecule has 3 nitrogen and oxygen atoms in total. The van der Waals surface area contributed by atoms with E-state index in [9.17, 15) is 0 Å². The standard InChI is InChI=1S/C11H19N3S2/c1-8-6-16-11(13-8)5-9(12)10-7-15-4-3-14(10)2/h6,9-10H,3-5,7,12H2,1-2H3. The van der Waals surface area contributed by atoms with Gasteiger partial charge >= 0.3 is 0 Å². The molecule has 2 N–H and O–H groups in total. The Morgan fingerprint density at radius 3 is 3.12 bits per heavy atom. The fraction of sp³-hybridized carbons (Fsp3) is 0.727. The minimum absolute atomic E-state index is 0.211. The Hall–Kier alpha value is -0.100. The van der Waals surface area contributed by atoms with E-state index in [4.69, 9.17) is 5.73 Å². The molecular formula is C11H19N3S2. The molecular weight excluding hydrogens is 238 g/mol. The lowest BCUT2D eigenvalue weighted by atomic mass is 10.1. The maximum atomic E-state index is 6.29. The second-order valence-corrected chi connectivity index (χ2v) is 6.47. The van der Waals surface area contributed by atoms with E-state index in [2.05, 4.69) is 22.3 Å². The molecule has 2 atom stereocenters. The van der Waals surface area contributed by atoms with Gasteiger partial charge in [0.2, 0.25) is 0 Å². The summed E-state index contributed by atoms with van der Waals surface area (Å²) in [5, 5.41) is 3.27. The number of aryl methyl sites for hydroxylation is 1. The van der Waals surface area contributed by atoms with Gasteiger partial charge in [0, 0.05) is 47.6 Å². The molecule has 2 rings (SSSR count). The molecule has 0 aromatic carbocycles. The van der Waals surface area contributed by atoms with Gasteiger partial charge in [-0.25, -0.2) is 4.98 Å². The quantitative estimate of drug-likeness (QED) is 0.888. The third kappa shape index (κ3) is 2.97. The normalized spacial score (nSPS) is 24.6. The zero-order valence-corrected chi connectivity index (χ0v) is 11.5. The van der Waals surface area contributed by atoms with Crippen LogP contribution in [0.15, 0.2) is 5.38 Å². The monoisotopic (exact) mass is 257 g/mol. The van der Waals surface area contributed by atoms with Crippen LogP contribution in [0.4, 0.5) is 0 Å². The summed E-state index contributed by atoms with van der Waals surface area (Å²) in [5.74, 6) is 2.39. The Bertz CT molecular complexity index is 340. The SMILES string of the molecule is Cc1csc(CC(N)C2CSCCN2C)n1. The topological polar surface area (TPSA) is 42.1 Å². The summed E-state index contributed by atoms with van der Waals surface area (Å²) in [7, 11) is 2.18. The zero-order chi connectivity index (χ0) is 11.5. The maximum absolute atomic E-state index is 6.29. The highest BCUT2D eigenvalue weighted by Gasteiger charge is 2.26. The molecule has 0 amide bonds. The molecule has 1 aliphatic heterocycles. The highest BCUT2D eigenvalue weighted by molar-refractivity contribution is 7.99. The predicted molar refractivity (Wildman–Crippen MR) is 72.3 cm³/mol. The lowest BCUT2D eigenvalue weighted by Gasteiger charge is -2.35. The number of nitrogens with zero attached hydrogens (tertiary/aromatic N) is 2. The first-order valence-electron chi connectivity index (χ1n) is 5.61. The third-order valence-corrected chi connectivity index (χ3v) is 5.05. The van der Waals surface area contributed by atoms with Gasteiger partial charge in [-0.05, 0) is 14.0 Å². The van der Waals surface area contributed by atoms with E-state index in [1.807, 2.05) is 18.7 Å². The number of rotatable bonds is 3. The van der Waals surface area contributed by atoms with Gasteiger partial charge in [-0.3, -0.25) is 0 Å². The Morgan fingerprint density at radius 2 is 2.50 bits per heavy atom. The van der Waals surface area contributed by atoms with Crippen LogP contribution >= 0.6 is 23.1 Å². The molecule has 2 heterocycles. The van der Waals surface area contributed by atoms with Crippen molar-refractivity contribution in [3.05, 3.63) is 16.1 Å². The van der Waals surface area contributed by atoms with Crippen LogP contribution in [0, 0.1) is 6.92 Å². The van der Waals surface area contributed by atoms with Gasteiger partial charge in [-0.15, -0.1) is 11.3 Å². The number of hydrogen-bond donors (Lipinski definition) is 1. The number of thioether (sulfide) groups is 1. The molecule has 16 heavy (non-hydrogen) atoms. The second-order valence-electron chi connectivity index (χ2n) is 4.37. The summed E-state index contributed by atoms with van der Waals surface area (Å²) in [6, 6.07) is 0.714. The zero-order valence-electron chi connectivity index (χ0n) is 9.85. The molecule has 0 aliphatic carbocycles. The summed E-state index contributed by atoms with van der Waals surface area (Å²) in [4.78, 5) is 6.87. The number of hydrogen-bond acceptors (Lipinski definition) is 5. The molecule has 1 saturated heterocycles. The minimum atomic E-state index is 0.211. The average molecular weight is 257 g/mol. The molecule has 2 unspecified atom stereocenters. The van der Waals surface area contributed by atoms with Crippen molar-refractivity contribution in [2.45, 2.75) is 25.4 Å². The number of likely N-dealkylation sites (N-methyl/N-ethyl adjacent to an activating group) is 1. The van der Waals surface area contributed by atoms with Crippen LogP contribution in [-0.2, 0) is 6.42 Å². The summed E-state index contributed by atoms with van der Waals surface area (Å²) < 4.78 is 0. The summed E-state index contributed by atoms with van der Waals surface area (Å²) in [5.41, 5.74) is 7.40.